The lowest BCUT2D eigenvalue weighted by Gasteiger charge is -2.40. The summed E-state index contributed by atoms with van der Waals surface area (Å²) in [5.74, 6) is -1.49. The Morgan fingerprint density at radius 1 is 1.24 bits per heavy atom. The molecule has 10 heteroatoms. The minimum Gasteiger partial charge on any atom is -0.350 e. The molecule has 3 heterocycles. The van der Waals surface area contributed by atoms with Gasteiger partial charge in [-0.25, -0.2) is 9.37 Å². The number of aryl methyl sites for hydroxylation is 1. The van der Waals surface area contributed by atoms with Crippen molar-refractivity contribution in [3.8, 4) is 0 Å². The molecule has 2 atom stereocenters. The van der Waals surface area contributed by atoms with E-state index in [1.165, 1.54) is 22.9 Å². The van der Waals surface area contributed by atoms with Gasteiger partial charge in [0, 0.05) is 37.1 Å². The Kier molecular flexibility index (Phi) is 5.43. The standard InChI is InChI=1S/C23H25F4N5O/c1-13-5-6-18(24)17-10-19(30-20(13)17)21(33)29-14-3-2-4-15(9-14)31-7-8-32-16(12-31)11-28-22(32)23(25,26)27/h5-6,10-11,14-15,30H,2-4,7-9,12H2,1H3,(H,29,33)/t14-,15+/m1/s1. The molecule has 6 nitrogen and oxygen atoms in total. The van der Waals surface area contributed by atoms with Crippen molar-refractivity contribution in [2.45, 2.75) is 64.0 Å². The molecule has 5 rings (SSSR count). The molecule has 0 saturated heterocycles. The first-order chi connectivity index (χ1) is 15.7. The van der Waals surface area contributed by atoms with Gasteiger partial charge >= 0.3 is 6.18 Å². The first-order valence-corrected chi connectivity index (χ1v) is 11.1. The van der Waals surface area contributed by atoms with E-state index in [0.717, 1.165) is 31.2 Å². The number of carbonyl (C=O) groups is 1. The summed E-state index contributed by atoms with van der Waals surface area (Å²) in [6.45, 7) is 3.03. The molecule has 176 valence electrons. The number of aromatic nitrogens is 3. The topological polar surface area (TPSA) is 66.0 Å². The normalized spacial score (nSPS) is 21.8. The van der Waals surface area contributed by atoms with E-state index in [0.29, 0.717) is 35.4 Å². The molecule has 33 heavy (non-hydrogen) atoms. The fourth-order valence-electron chi connectivity index (χ4n) is 5.18. The van der Waals surface area contributed by atoms with Gasteiger partial charge in [0.1, 0.15) is 11.5 Å². The molecular weight excluding hydrogens is 438 g/mol. The van der Waals surface area contributed by atoms with Crippen LogP contribution >= 0.6 is 0 Å². The Morgan fingerprint density at radius 2 is 2.06 bits per heavy atom. The average Bonchev–Trinajstić information content (AvgIpc) is 3.41. The van der Waals surface area contributed by atoms with Crippen molar-refractivity contribution in [2.75, 3.05) is 6.54 Å². The van der Waals surface area contributed by atoms with Crippen molar-refractivity contribution in [3.05, 3.63) is 53.0 Å². The van der Waals surface area contributed by atoms with Gasteiger partial charge in [0.15, 0.2) is 0 Å². The van der Waals surface area contributed by atoms with Crippen LogP contribution in [0.1, 0.15) is 53.3 Å². The van der Waals surface area contributed by atoms with Crippen molar-refractivity contribution in [1.82, 2.24) is 24.8 Å². The summed E-state index contributed by atoms with van der Waals surface area (Å²) in [5.41, 5.74) is 2.36. The number of carbonyl (C=O) groups excluding carboxylic acids is 1. The van der Waals surface area contributed by atoms with Gasteiger partial charge in [0.25, 0.3) is 5.91 Å². The van der Waals surface area contributed by atoms with Crippen LogP contribution in [0.15, 0.2) is 24.4 Å². The number of nitrogens with zero attached hydrogens (tertiary/aromatic N) is 3. The van der Waals surface area contributed by atoms with Crippen molar-refractivity contribution in [3.63, 3.8) is 0 Å². The lowest BCUT2D eigenvalue weighted by Crippen LogP contribution is -2.48. The number of fused-ring (bicyclic) bond motifs is 2. The van der Waals surface area contributed by atoms with Crippen LogP contribution in [0.4, 0.5) is 17.6 Å². The second-order valence-corrected chi connectivity index (χ2v) is 9.02. The summed E-state index contributed by atoms with van der Waals surface area (Å²) < 4.78 is 54.7. The zero-order valence-electron chi connectivity index (χ0n) is 18.2. The molecular formula is C23H25F4N5O. The largest absolute Gasteiger partial charge is 0.449 e. The van der Waals surface area contributed by atoms with Gasteiger partial charge in [-0.2, -0.15) is 13.2 Å². The minimum absolute atomic E-state index is 0.0498. The number of benzene rings is 1. The van der Waals surface area contributed by atoms with E-state index in [2.05, 4.69) is 20.2 Å². The molecule has 1 aliphatic heterocycles. The Bertz CT molecular complexity index is 1160. The fourth-order valence-corrected chi connectivity index (χ4v) is 5.18. The summed E-state index contributed by atoms with van der Waals surface area (Å²) in [6, 6.07) is 4.72. The Balaban J connectivity index is 1.25. The molecule has 0 spiro atoms. The number of H-pyrrole nitrogens is 1. The molecule has 1 aliphatic carbocycles. The summed E-state index contributed by atoms with van der Waals surface area (Å²) in [7, 11) is 0. The van der Waals surface area contributed by atoms with Crippen LogP contribution in [-0.2, 0) is 19.3 Å². The highest BCUT2D eigenvalue weighted by molar-refractivity contribution is 5.99. The van der Waals surface area contributed by atoms with Gasteiger partial charge in [0.05, 0.1) is 17.4 Å². The summed E-state index contributed by atoms with van der Waals surface area (Å²) in [6.07, 6.45) is 0.265. The number of aromatic amines is 1. The van der Waals surface area contributed by atoms with E-state index in [1.807, 2.05) is 6.92 Å². The molecule has 1 saturated carbocycles. The average molecular weight is 463 g/mol. The lowest BCUT2D eigenvalue weighted by atomic mass is 9.89. The third-order valence-corrected chi connectivity index (χ3v) is 6.86. The van der Waals surface area contributed by atoms with E-state index >= 15 is 0 Å². The molecule has 3 aromatic rings. The third kappa shape index (κ3) is 4.12. The maximum Gasteiger partial charge on any atom is 0.449 e. The second kappa shape index (κ2) is 8.16. The highest BCUT2D eigenvalue weighted by atomic mass is 19.4. The zero-order valence-corrected chi connectivity index (χ0v) is 18.2. The number of hydrogen-bond acceptors (Lipinski definition) is 3. The van der Waals surface area contributed by atoms with Crippen molar-refractivity contribution >= 4 is 16.8 Å². The van der Waals surface area contributed by atoms with Gasteiger partial charge in [-0.3, -0.25) is 9.69 Å². The second-order valence-electron chi connectivity index (χ2n) is 9.02. The van der Waals surface area contributed by atoms with E-state index in [1.54, 1.807) is 6.07 Å². The lowest BCUT2D eigenvalue weighted by molar-refractivity contribution is -0.147. The third-order valence-electron chi connectivity index (χ3n) is 6.86. The minimum atomic E-state index is -4.45. The van der Waals surface area contributed by atoms with E-state index in [-0.39, 0.29) is 30.4 Å². The number of imidazole rings is 1. The highest BCUT2D eigenvalue weighted by Gasteiger charge is 2.39. The van der Waals surface area contributed by atoms with Crippen LogP contribution < -0.4 is 5.32 Å². The van der Waals surface area contributed by atoms with Gasteiger partial charge in [0.2, 0.25) is 5.82 Å². The van der Waals surface area contributed by atoms with Crippen molar-refractivity contribution in [2.24, 2.45) is 0 Å². The van der Waals surface area contributed by atoms with Gasteiger partial charge in [-0.1, -0.05) is 6.07 Å². The number of hydrogen-bond donors (Lipinski definition) is 2. The molecule has 1 amide bonds. The first-order valence-electron chi connectivity index (χ1n) is 11.1. The molecule has 1 fully saturated rings. The smallest absolute Gasteiger partial charge is 0.350 e. The fraction of sp³-hybridized carbons (Fsp3) is 0.478. The van der Waals surface area contributed by atoms with Gasteiger partial charge in [-0.05, 0) is 50.3 Å². The number of halogens is 4. The highest BCUT2D eigenvalue weighted by Crippen LogP contribution is 2.32. The predicted molar refractivity (Wildman–Crippen MR) is 114 cm³/mol. The molecule has 2 aromatic heterocycles. The Hall–Kier alpha value is -2.88. The van der Waals surface area contributed by atoms with Crippen molar-refractivity contribution in [1.29, 1.82) is 0 Å². The molecule has 2 aliphatic rings. The Morgan fingerprint density at radius 3 is 2.82 bits per heavy atom. The first kappa shape index (κ1) is 21.9. The zero-order chi connectivity index (χ0) is 23.3. The van der Waals surface area contributed by atoms with Crippen LogP contribution in [0.2, 0.25) is 0 Å². The Labute approximate surface area is 188 Å². The van der Waals surface area contributed by atoms with E-state index in [9.17, 15) is 22.4 Å². The number of rotatable bonds is 3. The summed E-state index contributed by atoms with van der Waals surface area (Å²) in [4.78, 5) is 21.7. The number of amides is 1. The van der Waals surface area contributed by atoms with E-state index in [4.69, 9.17) is 0 Å². The predicted octanol–water partition coefficient (Wildman–Crippen LogP) is 4.39. The van der Waals surface area contributed by atoms with Gasteiger partial charge < -0.3 is 14.9 Å². The van der Waals surface area contributed by atoms with Crippen molar-refractivity contribution < 1.29 is 22.4 Å². The molecule has 0 radical (unpaired) electrons. The summed E-state index contributed by atoms with van der Waals surface area (Å²) >= 11 is 0. The molecule has 0 unspecified atom stereocenters. The molecule has 1 aromatic carbocycles. The van der Waals surface area contributed by atoms with Crippen LogP contribution in [-0.4, -0.2) is 44.0 Å². The van der Waals surface area contributed by atoms with Crippen LogP contribution in [0.25, 0.3) is 10.9 Å². The van der Waals surface area contributed by atoms with Gasteiger partial charge in [-0.15, -0.1) is 0 Å². The van der Waals surface area contributed by atoms with Crippen LogP contribution in [0, 0.1) is 12.7 Å². The monoisotopic (exact) mass is 463 g/mol. The number of nitrogens with one attached hydrogen (secondary N) is 2. The maximum atomic E-state index is 14.1. The molecule has 0 bridgehead atoms. The van der Waals surface area contributed by atoms with Crippen LogP contribution in [0.3, 0.4) is 0 Å². The van der Waals surface area contributed by atoms with E-state index < -0.39 is 12.0 Å². The maximum absolute atomic E-state index is 14.1. The quantitative estimate of drug-likeness (QED) is 0.567. The number of alkyl halides is 3. The molecule has 2 N–H and O–H groups in total. The summed E-state index contributed by atoms with van der Waals surface area (Å²) in [5, 5.41) is 3.46. The SMILES string of the molecule is Cc1ccc(F)c2cc(C(=O)N[C@@H]3CCC[C@H](N4CCn5c(cnc5C(F)(F)F)C4)C3)[nH]c12. The van der Waals surface area contributed by atoms with Crippen LogP contribution in [0.5, 0.6) is 0 Å².